The van der Waals surface area contributed by atoms with Crippen LogP contribution in [0.4, 0.5) is 24.7 Å². The van der Waals surface area contributed by atoms with E-state index in [2.05, 4.69) is 43.9 Å². The molecule has 1 fully saturated rings. The van der Waals surface area contributed by atoms with E-state index in [0.29, 0.717) is 41.2 Å². The summed E-state index contributed by atoms with van der Waals surface area (Å²) in [4.78, 5) is 30.0. The highest BCUT2D eigenvalue weighted by molar-refractivity contribution is 6.04. The quantitative estimate of drug-likeness (QED) is 0.333. The van der Waals surface area contributed by atoms with E-state index in [1.807, 2.05) is 11.0 Å². The molecule has 8 nitrogen and oxygen atoms in total. The molecule has 3 N–H and O–H groups in total. The molecular weight excluding hydrogens is 543 g/mol. The highest BCUT2D eigenvalue weighted by atomic mass is 19.4. The molecule has 1 amide bonds. The van der Waals surface area contributed by atoms with Crippen molar-refractivity contribution in [1.82, 2.24) is 24.8 Å². The van der Waals surface area contributed by atoms with Crippen LogP contribution in [0.3, 0.4) is 0 Å². The van der Waals surface area contributed by atoms with Crippen LogP contribution in [-0.4, -0.2) is 63.4 Å². The number of carbonyl (C=O) groups is 1. The van der Waals surface area contributed by atoms with Crippen LogP contribution >= 0.6 is 0 Å². The van der Waals surface area contributed by atoms with Crippen molar-refractivity contribution in [3.63, 3.8) is 0 Å². The summed E-state index contributed by atoms with van der Waals surface area (Å²) in [6, 6.07) is 9.10. The minimum atomic E-state index is -4.56. The van der Waals surface area contributed by atoms with Gasteiger partial charge in [0.15, 0.2) is 0 Å². The molecule has 1 aliphatic rings. The summed E-state index contributed by atoms with van der Waals surface area (Å²) in [6.45, 7) is 8.01. The van der Waals surface area contributed by atoms with Gasteiger partial charge < -0.3 is 16.0 Å². The number of halogens is 3. The maximum Gasteiger partial charge on any atom is 0.416 e. The number of fused-ring (bicyclic) bond motifs is 1. The molecule has 4 aromatic rings. The van der Waals surface area contributed by atoms with Crippen molar-refractivity contribution in [3.05, 3.63) is 88.5 Å². The molecule has 0 aliphatic carbocycles. The van der Waals surface area contributed by atoms with Gasteiger partial charge in [0.05, 0.1) is 22.4 Å². The molecule has 0 unspecified atom stereocenters. The lowest BCUT2D eigenvalue weighted by Gasteiger charge is -2.34. The molecule has 0 bridgehead atoms. The molecule has 0 atom stereocenters. The average Bonchev–Trinajstić information content (AvgIpc) is 2.98. The largest absolute Gasteiger partial charge is 0.416 e. The van der Waals surface area contributed by atoms with Crippen molar-refractivity contribution in [1.29, 1.82) is 0 Å². The number of amides is 1. The van der Waals surface area contributed by atoms with E-state index < -0.39 is 17.6 Å². The second-order valence-corrected chi connectivity index (χ2v) is 10.1. The van der Waals surface area contributed by atoms with Gasteiger partial charge in [0.25, 0.3) is 5.91 Å². The average molecular weight is 574 g/mol. The van der Waals surface area contributed by atoms with Crippen molar-refractivity contribution in [2.75, 3.05) is 43.8 Å². The second-order valence-electron chi connectivity index (χ2n) is 10.1. The Kier molecular flexibility index (Phi) is 8.38. The Hall–Kier alpha value is -4.53. The normalized spacial score (nSPS) is 14.4. The Labute approximate surface area is 241 Å². The number of pyridine rings is 3. The predicted octanol–water partition coefficient (Wildman–Crippen LogP) is 4.72. The fourth-order valence-electron chi connectivity index (χ4n) is 4.87. The van der Waals surface area contributed by atoms with Gasteiger partial charge in [-0.2, -0.15) is 13.2 Å². The molecular formula is C31H30F3N7O. The number of aryl methyl sites for hydroxylation is 1. The molecule has 11 heteroatoms. The number of carbonyl (C=O) groups excluding carboxylic acids is 1. The Bertz CT molecular complexity index is 1690. The van der Waals surface area contributed by atoms with E-state index in [-0.39, 0.29) is 23.4 Å². The Balaban J connectivity index is 1.35. The molecule has 0 radical (unpaired) electrons. The van der Waals surface area contributed by atoms with Gasteiger partial charge in [0, 0.05) is 68.0 Å². The van der Waals surface area contributed by atoms with E-state index in [4.69, 9.17) is 5.73 Å². The van der Waals surface area contributed by atoms with Crippen LogP contribution in [0.15, 0.2) is 55.0 Å². The molecule has 3 aromatic heterocycles. The molecule has 0 saturated carbocycles. The number of nitrogens with two attached hydrogens (primary N) is 1. The van der Waals surface area contributed by atoms with Crippen LogP contribution in [0, 0.1) is 18.8 Å². The first kappa shape index (κ1) is 29.0. The number of nitrogens with one attached hydrogen (secondary N) is 1. The van der Waals surface area contributed by atoms with Crippen molar-refractivity contribution < 1.29 is 18.0 Å². The zero-order valence-corrected chi connectivity index (χ0v) is 23.3. The lowest BCUT2D eigenvalue weighted by Crippen LogP contribution is -2.45. The van der Waals surface area contributed by atoms with E-state index in [9.17, 15) is 18.0 Å². The molecule has 4 heterocycles. The highest BCUT2D eigenvalue weighted by Gasteiger charge is 2.34. The van der Waals surface area contributed by atoms with Gasteiger partial charge in [-0.1, -0.05) is 24.8 Å². The maximum absolute atomic E-state index is 14.0. The van der Waals surface area contributed by atoms with Crippen LogP contribution in [0.25, 0.3) is 10.9 Å². The van der Waals surface area contributed by atoms with Gasteiger partial charge in [-0.3, -0.25) is 19.7 Å². The summed E-state index contributed by atoms with van der Waals surface area (Å²) >= 11 is 0. The Morgan fingerprint density at radius 3 is 2.48 bits per heavy atom. The van der Waals surface area contributed by atoms with Crippen LogP contribution in [-0.2, 0) is 12.7 Å². The van der Waals surface area contributed by atoms with Crippen LogP contribution in [0.1, 0.15) is 45.2 Å². The number of hydrogen-bond acceptors (Lipinski definition) is 7. The molecule has 216 valence electrons. The number of rotatable bonds is 5. The number of aromatic nitrogens is 3. The van der Waals surface area contributed by atoms with Gasteiger partial charge in [-0.25, -0.2) is 4.98 Å². The first-order valence-corrected chi connectivity index (χ1v) is 13.6. The monoisotopic (exact) mass is 573 g/mol. The Morgan fingerprint density at radius 1 is 1.00 bits per heavy atom. The predicted molar refractivity (Wildman–Crippen MR) is 156 cm³/mol. The molecule has 42 heavy (non-hydrogen) atoms. The molecule has 0 spiro atoms. The number of piperazine rings is 1. The van der Waals surface area contributed by atoms with E-state index in [0.717, 1.165) is 31.1 Å². The number of nitrogen functional groups attached to an aromatic ring is 1. The number of anilines is 2. The minimum Gasteiger partial charge on any atom is -0.382 e. The fourth-order valence-corrected chi connectivity index (χ4v) is 4.87. The van der Waals surface area contributed by atoms with Crippen molar-refractivity contribution in [2.24, 2.45) is 0 Å². The smallest absolute Gasteiger partial charge is 0.382 e. The van der Waals surface area contributed by atoms with Gasteiger partial charge in [-0.05, 0) is 49.4 Å². The summed E-state index contributed by atoms with van der Waals surface area (Å²) in [6.07, 6.45) is -0.0205. The standard InChI is InChI=1S/C31H30F3N7O/c1-3-40-11-13-41(14-12-40)19-23-8-9-25(16-27(23)31(32,33)34)39-30(42)24-15-21(20(2)37-18-24)6-7-22-17-38-29(35)28-26(22)5-4-10-36-28/h4-5,8-10,15-18H,3,11-14,19H2,1-2H3,(H2,35,38)(H,39,42). The Morgan fingerprint density at radius 2 is 1.74 bits per heavy atom. The van der Waals surface area contributed by atoms with E-state index >= 15 is 0 Å². The fraction of sp³-hybridized carbons (Fsp3) is 0.290. The second kappa shape index (κ2) is 12.1. The van der Waals surface area contributed by atoms with Gasteiger partial charge in [-0.15, -0.1) is 0 Å². The number of benzene rings is 1. The number of hydrogen-bond donors (Lipinski definition) is 2. The summed E-state index contributed by atoms with van der Waals surface area (Å²) in [7, 11) is 0. The first-order valence-electron chi connectivity index (χ1n) is 13.6. The van der Waals surface area contributed by atoms with Crippen molar-refractivity contribution in [3.8, 4) is 11.8 Å². The lowest BCUT2D eigenvalue weighted by atomic mass is 10.0. The summed E-state index contributed by atoms with van der Waals surface area (Å²) < 4.78 is 42.1. The minimum absolute atomic E-state index is 0.0482. The third-order valence-corrected chi connectivity index (χ3v) is 7.33. The number of likely N-dealkylation sites (N-methyl/N-ethyl adjacent to an activating group) is 1. The van der Waals surface area contributed by atoms with Crippen molar-refractivity contribution in [2.45, 2.75) is 26.6 Å². The molecule has 1 aromatic carbocycles. The van der Waals surface area contributed by atoms with Gasteiger partial charge >= 0.3 is 6.18 Å². The van der Waals surface area contributed by atoms with E-state index in [1.54, 1.807) is 31.5 Å². The van der Waals surface area contributed by atoms with Crippen LogP contribution in [0.2, 0.25) is 0 Å². The summed E-state index contributed by atoms with van der Waals surface area (Å²) in [5.41, 5.74) is 7.78. The molecule has 1 saturated heterocycles. The third-order valence-electron chi connectivity index (χ3n) is 7.33. The molecule has 5 rings (SSSR count). The highest BCUT2D eigenvalue weighted by Crippen LogP contribution is 2.35. The van der Waals surface area contributed by atoms with Gasteiger partial charge in [0.1, 0.15) is 11.3 Å². The topological polar surface area (TPSA) is 100 Å². The third kappa shape index (κ3) is 6.51. The summed E-state index contributed by atoms with van der Waals surface area (Å²) in [5.74, 6) is 5.77. The number of alkyl halides is 3. The van der Waals surface area contributed by atoms with Crippen LogP contribution < -0.4 is 11.1 Å². The number of nitrogens with zero attached hydrogens (tertiary/aromatic N) is 5. The molecule has 1 aliphatic heterocycles. The summed E-state index contributed by atoms with van der Waals surface area (Å²) in [5, 5.41) is 3.33. The lowest BCUT2D eigenvalue weighted by molar-refractivity contribution is -0.138. The first-order chi connectivity index (χ1) is 20.1. The zero-order valence-electron chi connectivity index (χ0n) is 23.3. The van der Waals surface area contributed by atoms with Crippen LogP contribution in [0.5, 0.6) is 0 Å². The SMILES string of the molecule is CCN1CCN(Cc2ccc(NC(=O)c3cnc(C)c(C#Cc4cnc(N)c5ncccc45)c3)cc2C(F)(F)F)CC1. The van der Waals surface area contributed by atoms with E-state index in [1.165, 1.54) is 18.3 Å². The zero-order chi connectivity index (χ0) is 29.9. The van der Waals surface area contributed by atoms with Crippen molar-refractivity contribution >= 4 is 28.3 Å². The van der Waals surface area contributed by atoms with Gasteiger partial charge in [0.2, 0.25) is 0 Å². The maximum atomic E-state index is 14.0.